The third kappa shape index (κ3) is 2.33. The summed E-state index contributed by atoms with van der Waals surface area (Å²) in [6.45, 7) is 4.07. The van der Waals surface area contributed by atoms with Crippen molar-refractivity contribution in [3.63, 3.8) is 0 Å². The average molecular weight is 343 g/mol. The maximum atomic E-state index is 12.8. The van der Waals surface area contributed by atoms with Gasteiger partial charge < -0.3 is 10.1 Å². The summed E-state index contributed by atoms with van der Waals surface area (Å²) in [6.07, 6.45) is 1.64. The Hall–Kier alpha value is -2.20. The van der Waals surface area contributed by atoms with Gasteiger partial charge in [0, 0.05) is 22.7 Å². The molecule has 2 amide bonds. The molecule has 2 aliphatic rings. The predicted octanol–water partition coefficient (Wildman–Crippen LogP) is 4.67. The first-order chi connectivity index (χ1) is 11.5. The van der Waals surface area contributed by atoms with Crippen LogP contribution in [0.15, 0.2) is 42.5 Å². The van der Waals surface area contributed by atoms with Crippen molar-refractivity contribution in [1.29, 1.82) is 0 Å². The van der Waals surface area contributed by atoms with Gasteiger partial charge in [0.25, 0.3) is 0 Å². The number of fused-ring (bicyclic) bond motifs is 4. The first-order valence-corrected chi connectivity index (χ1v) is 8.56. The summed E-state index contributed by atoms with van der Waals surface area (Å²) in [5, 5.41) is 3.73. The van der Waals surface area contributed by atoms with Crippen LogP contribution in [0, 0.1) is 0 Å². The summed E-state index contributed by atoms with van der Waals surface area (Å²) in [4.78, 5) is 14.5. The molecule has 0 aliphatic carbocycles. The number of amides is 2. The Bertz CT molecular complexity index is 806. The minimum atomic E-state index is -0.721. The van der Waals surface area contributed by atoms with Crippen LogP contribution in [0.25, 0.3) is 0 Å². The molecule has 2 aromatic carbocycles. The molecule has 2 heterocycles. The molecule has 0 radical (unpaired) electrons. The van der Waals surface area contributed by atoms with E-state index in [-0.39, 0.29) is 12.1 Å². The molecule has 2 aromatic rings. The van der Waals surface area contributed by atoms with E-state index in [0.29, 0.717) is 11.4 Å². The lowest BCUT2D eigenvalue weighted by molar-refractivity contribution is 0.0379. The predicted molar refractivity (Wildman–Crippen MR) is 94.7 cm³/mol. The number of rotatable bonds is 2. The summed E-state index contributed by atoms with van der Waals surface area (Å²) in [5.41, 5.74) is 2.29. The molecule has 4 rings (SSSR count). The summed E-state index contributed by atoms with van der Waals surface area (Å²) in [7, 11) is 0. The van der Waals surface area contributed by atoms with Crippen molar-refractivity contribution in [3.05, 3.63) is 58.6 Å². The first kappa shape index (κ1) is 15.3. The number of nitrogens with zero attached hydrogens (tertiary/aromatic N) is 1. The van der Waals surface area contributed by atoms with Gasteiger partial charge in [-0.15, -0.1) is 0 Å². The summed E-state index contributed by atoms with van der Waals surface area (Å²) < 4.78 is 6.25. The molecule has 0 spiro atoms. The van der Waals surface area contributed by atoms with Crippen molar-refractivity contribution < 1.29 is 9.53 Å². The topological polar surface area (TPSA) is 41.6 Å². The number of hydrogen-bond donors (Lipinski definition) is 1. The number of nitrogens with one attached hydrogen (secondary N) is 1. The van der Waals surface area contributed by atoms with Gasteiger partial charge in [0.1, 0.15) is 5.75 Å². The van der Waals surface area contributed by atoms with E-state index in [1.165, 1.54) is 5.56 Å². The number of halogens is 1. The zero-order chi connectivity index (χ0) is 16.9. The van der Waals surface area contributed by atoms with Gasteiger partial charge >= 0.3 is 6.03 Å². The minimum absolute atomic E-state index is 0.0869. The Morgan fingerprint density at radius 2 is 2.04 bits per heavy atom. The number of urea groups is 1. The van der Waals surface area contributed by atoms with Crippen LogP contribution in [-0.2, 0) is 6.42 Å². The first-order valence-electron chi connectivity index (χ1n) is 8.18. The fourth-order valence-electron chi connectivity index (χ4n) is 3.62. The van der Waals surface area contributed by atoms with Crippen LogP contribution < -0.4 is 15.0 Å². The highest BCUT2D eigenvalue weighted by Gasteiger charge is 2.49. The number of benzene rings is 2. The van der Waals surface area contributed by atoms with Gasteiger partial charge in [-0.25, -0.2) is 4.79 Å². The van der Waals surface area contributed by atoms with Gasteiger partial charge in [-0.1, -0.05) is 30.7 Å². The van der Waals surface area contributed by atoms with Crippen molar-refractivity contribution in [2.75, 3.05) is 4.90 Å². The van der Waals surface area contributed by atoms with Gasteiger partial charge in [0.05, 0.1) is 6.04 Å². The van der Waals surface area contributed by atoms with Crippen molar-refractivity contribution in [2.45, 2.75) is 38.5 Å². The SMILES string of the molecule is CCc1ccc(N2C(=O)N[C@H]3C[C@]2(C)Oc2ccc(Cl)cc23)cc1. The molecule has 24 heavy (non-hydrogen) atoms. The fourth-order valence-corrected chi connectivity index (χ4v) is 3.80. The van der Waals surface area contributed by atoms with Crippen LogP contribution in [-0.4, -0.2) is 11.8 Å². The second kappa shape index (κ2) is 5.42. The molecule has 2 atom stereocenters. The van der Waals surface area contributed by atoms with Crippen molar-refractivity contribution >= 4 is 23.3 Å². The van der Waals surface area contributed by atoms with Gasteiger partial charge in [0.2, 0.25) is 0 Å². The van der Waals surface area contributed by atoms with E-state index >= 15 is 0 Å². The fraction of sp³-hybridized carbons (Fsp3) is 0.316. The zero-order valence-corrected chi connectivity index (χ0v) is 14.4. The highest BCUT2D eigenvalue weighted by molar-refractivity contribution is 6.30. The standard InChI is InChI=1S/C19H19ClN2O2/c1-3-12-4-7-14(8-5-12)22-18(23)21-16-11-19(22,2)24-17-9-6-13(20)10-15(16)17/h4-10,16H,3,11H2,1-2H3,(H,21,23)/t16-,19-/m0/s1. The lowest BCUT2D eigenvalue weighted by atomic mass is 9.90. The maximum Gasteiger partial charge on any atom is 0.325 e. The minimum Gasteiger partial charge on any atom is -0.467 e. The van der Waals surface area contributed by atoms with Crippen LogP contribution >= 0.6 is 11.6 Å². The summed E-state index contributed by atoms with van der Waals surface area (Å²) in [6, 6.07) is 13.4. The van der Waals surface area contributed by atoms with E-state index in [9.17, 15) is 4.79 Å². The molecule has 4 nitrogen and oxygen atoms in total. The van der Waals surface area contributed by atoms with Gasteiger partial charge in [-0.05, 0) is 49.2 Å². The van der Waals surface area contributed by atoms with Crippen LogP contribution in [0.1, 0.15) is 37.4 Å². The van der Waals surface area contributed by atoms with Crippen molar-refractivity contribution in [3.8, 4) is 5.75 Å². The molecular formula is C19H19ClN2O2. The molecule has 2 bridgehead atoms. The molecule has 124 valence electrons. The zero-order valence-electron chi connectivity index (χ0n) is 13.7. The van der Waals surface area contributed by atoms with Crippen molar-refractivity contribution in [2.24, 2.45) is 0 Å². The molecular weight excluding hydrogens is 324 g/mol. The normalized spacial score (nSPS) is 24.9. The van der Waals surface area contributed by atoms with Crippen molar-refractivity contribution in [1.82, 2.24) is 5.32 Å². The number of carbonyl (C=O) groups is 1. The molecule has 0 unspecified atom stereocenters. The lowest BCUT2D eigenvalue weighted by Gasteiger charge is -2.50. The third-order valence-electron chi connectivity index (χ3n) is 4.84. The van der Waals surface area contributed by atoms with Crippen LogP contribution in [0.2, 0.25) is 5.02 Å². The second-order valence-electron chi connectivity index (χ2n) is 6.52. The van der Waals surface area contributed by atoms with Crippen LogP contribution in [0.5, 0.6) is 5.75 Å². The smallest absolute Gasteiger partial charge is 0.325 e. The Kier molecular flexibility index (Phi) is 3.46. The molecule has 0 saturated carbocycles. The van der Waals surface area contributed by atoms with E-state index in [4.69, 9.17) is 16.3 Å². The quantitative estimate of drug-likeness (QED) is 0.861. The number of anilines is 1. The Labute approximate surface area is 146 Å². The van der Waals surface area contributed by atoms with Gasteiger partial charge in [0.15, 0.2) is 5.72 Å². The van der Waals surface area contributed by atoms with Gasteiger partial charge in [-0.3, -0.25) is 4.90 Å². The van der Waals surface area contributed by atoms with Crippen LogP contribution in [0.3, 0.4) is 0 Å². The van der Waals surface area contributed by atoms with E-state index in [0.717, 1.165) is 23.4 Å². The van der Waals surface area contributed by atoms with Gasteiger partial charge in [-0.2, -0.15) is 0 Å². The maximum absolute atomic E-state index is 12.8. The molecule has 0 aromatic heterocycles. The number of carbonyl (C=O) groups excluding carboxylic acids is 1. The second-order valence-corrected chi connectivity index (χ2v) is 6.96. The molecule has 1 saturated heterocycles. The Morgan fingerprint density at radius 3 is 2.75 bits per heavy atom. The largest absolute Gasteiger partial charge is 0.467 e. The highest BCUT2D eigenvalue weighted by Crippen LogP contribution is 2.46. The average Bonchev–Trinajstić information content (AvgIpc) is 2.55. The molecule has 2 aliphatic heterocycles. The monoisotopic (exact) mass is 342 g/mol. The van der Waals surface area contributed by atoms with Crippen LogP contribution in [0.4, 0.5) is 10.5 Å². The lowest BCUT2D eigenvalue weighted by Crippen LogP contribution is -2.65. The Balaban J connectivity index is 1.76. The Morgan fingerprint density at radius 1 is 1.29 bits per heavy atom. The summed E-state index contributed by atoms with van der Waals surface area (Å²) in [5.74, 6) is 0.772. The van der Waals surface area contributed by atoms with E-state index in [2.05, 4.69) is 24.4 Å². The number of hydrogen-bond acceptors (Lipinski definition) is 2. The molecule has 1 N–H and O–H groups in total. The molecule has 1 fully saturated rings. The number of aryl methyl sites for hydroxylation is 1. The van der Waals surface area contributed by atoms with E-state index in [1.54, 1.807) is 4.90 Å². The summed E-state index contributed by atoms with van der Waals surface area (Å²) >= 11 is 6.10. The number of ether oxygens (including phenoxy) is 1. The third-order valence-corrected chi connectivity index (χ3v) is 5.07. The van der Waals surface area contributed by atoms with E-state index < -0.39 is 5.72 Å². The molecule has 5 heteroatoms. The highest BCUT2D eigenvalue weighted by atomic mass is 35.5. The van der Waals surface area contributed by atoms with E-state index in [1.807, 2.05) is 37.3 Å².